The maximum absolute atomic E-state index is 5.85. The third-order valence-electron chi connectivity index (χ3n) is 2.91. The van der Waals surface area contributed by atoms with E-state index in [1.54, 1.807) is 0 Å². The van der Waals surface area contributed by atoms with Crippen LogP contribution in [-0.2, 0) is 0 Å². The van der Waals surface area contributed by atoms with Crippen molar-refractivity contribution in [3.8, 4) is 11.5 Å². The van der Waals surface area contributed by atoms with Crippen molar-refractivity contribution in [2.24, 2.45) is 0 Å². The van der Waals surface area contributed by atoms with E-state index >= 15 is 0 Å². The molecule has 3 heterocycles. The molecule has 0 amide bonds. The molecule has 0 atom stereocenters. The highest BCUT2D eigenvalue weighted by molar-refractivity contribution is 7.10. The van der Waals surface area contributed by atoms with Gasteiger partial charge in [0.1, 0.15) is 5.00 Å². The van der Waals surface area contributed by atoms with Gasteiger partial charge in [-0.2, -0.15) is 9.36 Å². The minimum absolute atomic E-state index is 0.468. The predicted octanol–water partition coefficient (Wildman–Crippen LogP) is 1.68. The Bertz CT molecular complexity index is 509. The number of aromatic nitrogens is 3. The van der Waals surface area contributed by atoms with Gasteiger partial charge in [0.25, 0.3) is 11.8 Å². The Morgan fingerprint density at radius 1 is 1.35 bits per heavy atom. The second kappa shape index (κ2) is 3.99. The van der Waals surface area contributed by atoms with E-state index in [2.05, 4.69) is 19.4 Å². The molecule has 6 nitrogen and oxygen atoms in total. The van der Waals surface area contributed by atoms with Gasteiger partial charge in [-0.1, -0.05) is 0 Å². The first-order valence-corrected chi connectivity index (χ1v) is 6.34. The van der Waals surface area contributed by atoms with Crippen molar-refractivity contribution >= 4 is 22.5 Å². The van der Waals surface area contributed by atoms with Crippen LogP contribution in [0.4, 0.5) is 10.9 Å². The lowest BCUT2D eigenvalue weighted by Crippen LogP contribution is -2.18. The summed E-state index contributed by atoms with van der Waals surface area (Å²) >= 11 is 1.25. The molecular weight excluding hydrogens is 238 g/mol. The summed E-state index contributed by atoms with van der Waals surface area (Å²) in [4.78, 5) is 6.51. The summed E-state index contributed by atoms with van der Waals surface area (Å²) < 4.78 is 9.44. The second-order valence-electron chi connectivity index (χ2n) is 4.10. The average Bonchev–Trinajstić information content (AvgIpc) is 2.98. The van der Waals surface area contributed by atoms with Crippen molar-refractivity contribution in [1.29, 1.82) is 0 Å². The van der Waals surface area contributed by atoms with Gasteiger partial charge in [0.15, 0.2) is 0 Å². The minimum Gasteiger partial charge on any atom is -0.389 e. The SMILES string of the molecule is Cc1nsc(N)c1-c1nc(N2CCCC2)no1. The van der Waals surface area contributed by atoms with Crippen molar-refractivity contribution in [3.63, 3.8) is 0 Å². The highest BCUT2D eigenvalue weighted by Crippen LogP contribution is 2.32. The van der Waals surface area contributed by atoms with Crippen LogP contribution in [0.25, 0.3) is 11.5 Å². The monoisotopic (exact) mass is 251 g/mol. The highest BCUT2D eigenvalue weighted by atomic mass is 32.1. The Morgan fingerprint density at radius 3 is 2.76 bits per heavy atom. The first-order valence-electron chi connectivity index (χ1n) is 5.56. The topological polar surface area (TPSA) is 81.1 Å². The standard InChI is InChI=1S/C10H13N5OS/c1-6-7(8(11)17-14-6)9-12-10(13-16-9)15-4-2-3-5-15/h2-5,11H2,1H3. The quantitative estimate of drug-likeness (QED) is 0.874. The van der Waals surface area contributed by atoms with Gasteiger partial charge >= 0.3 is 0 Å². The zero-order chi connectivity index (χ0) is 11.8. The Kier molecular flexibility index (Phi) is 2.47. The number of nitrogens with zero attached hydrogens (tertiary/aromatic N) is 4. The molecular formula is C10H13N5OS. The van der Waals surface area contributed by atoms with Crippen LogP contribution in [-0.4, -0.2) is 27.6 Å². The Morgan fingerprint density at radius 2 is 2.12 bits per heavy atom. The lowest BCUT2D eigenvalue weighted by atomic mass is 10.2. The molecule has 2 aromatic heterocycles. The Balaban J connectivity index is 1.94. The molecule has 90 valence electrons. The molecule has 7 heteroatoms. The molecule has 0 spiro atoms. The molecule has 1 fully saturated rings. The van der Waals surface area contributed by atoms with Crippen molar-refractivity contribution in [1.82, 2.24) is 14.5 Å². The molecule has 2 N–H and O–H groups in total. The molecule has 0 aliphatic carbocycles. The third kappa shape index (κ3) is 1.76. The summed E-state index contributed by atoms with van der Waals surface area (Å²) in [5.74, 6) is 1.12. The molecule has 1 aliphatic rings. The molecule has 0 bridgehead atoms. The molecule has 17 heavy (non-hydrogen) atoms. The number of hydrogen-bond donors (Lipinski definition) is 1. The van der Waals surface area contributed by atoms with E-state index in [1.165, 1.54) is 24.4 Å². The Labute approximate surface area is 103 Å². The minimum atomic E-state index is 0.468. The third-order valence-corrected chi connectivity index (χ3v) is 3.67. The van der Waals surface area contributed by atoms with E-state index < -0.39 is 0 Å². The molecule has 1 aliphatic heterocycles. The van der Waals surface area contributed by atoms with Gasteiger partial charge in [-0.05, 0) is 36.5 Å². The maximum atomic E-state index is 5.85. The largest absolute Gasteiger partial charge is 0.389 e. The molecule has 0 saturated carbocycles. The highest BCUT2D eigenvalue weighted by Gasteiger charge is 2.21. The van der Waals surface area contributed by atoms with Crippen molar-refractivity contribution in [2.75, 3.05) is 23.7 Å². The van der Waals surface area contributed by atoms with E-state index in [1.807, 2.05) is 6.92 Å². The van der Waals surface area contributed by atoms with E-state index in [4.69, 9.17) is 10.3 Å². The van der Waals surface area contributed by atoms with E-state index in [-0.39, 0.29) is 0 Å². The van der Waals surface area contributed by atoms with Gasteiger partial charge in [-0.15, -0.1) is 0 Å². The molecule has 3 rings (SSSR count). The zero-order valence-corrected chi connectivity index (χ0v) is 10.3. The summed E-state index contributed by atoms with van der Waals surface area (Å²) in [6, 6.07) is 0. The first-order chi connectivity index (χ1) is 8.25. The fourth-order valence-electron chi connectivity index (χ4n) is 2.01. The van der Waals surface area contributed by atoms with Crippen LogP contribution in [0.3, 0.4) is 0 Å². The van der Waals surface area contributed by atoms with Crippen LogP contribution in [0.2, 0.25) is 0 Å². The van der Waals surface area contributed by atoms with Gasteiger partial charge in [0.2, 0.25) is 0 Å². The molecule has 1 saturated heterocycles. The van der Waals surface area contributed by atoms with Crippen molar-refractivity contribution in [3.05, 3.63) is 5.69 Å². The number of nitrogens with two attached hydrogens (primary N) is 1. The number of aryl methyl sites for hydroxylation is 1. The van der Waals surface area contributed by atoms with Gasteiger partial charge in [0, 0.05) is 13.1 Å². The lowest BCUT2D eigenvalue weighted by molar-refractivity contribution is 0.430. The summed E-state index contributed by atoms with van der Waals surface area (Å²) in [6.07, 6.45) is 2.37. The summed E-state index contributed by atoms with van der Waals surface area (Å²) in [6.45, 7) is 3.88. The summed E-state index contributed by atoms with van der Waals surface area (Å²) in [5.41, 5.74) is 7.46. The summed E-state index contributed by atoms with van der Waals surface area (Å²) in [5, 5.41) is 4.62. The zero-order valence-electron chi connectivity index (χ0n) is 9.51. The van der Waals surface area contributed by atoms with Crippen molar-refractivity contribution in [2.45, 2.75) is 19.8 Å². The average molecular weight is 251 g/mol. The normalized spacial score (nSPS) is 15.7. The van der Waals surface area contributed by atoms with Gasteiger partial charge in [-0.25, -0.2) is 0 Å². The fraction of sp³-hybridized carbons (Fsp3) is 0.500. The van der Waals surface area contributed by atoms with Gasteiger partial charge in [-0.3, -0.25) is 0 Å². The first kappa shape index (κ1) is 10.5. The van der Waals surface area contributed by atoms with E-state index in [0.29, 0.717) is 16.8 Å². The van der Waals surface area contributed by atoms with Crippen molar-refractivity contribution < 1.29 is 4.52 Å². The molecule has 0 aromatic carbocycles. The number of nitrogen functional groups attached to an aromatic ring is 1. The van der Waals surface area contributed by atoms with E-state index in [0.717, 1.165) is 24.3 Å². The maximum Gasteiger partial charge on any atom is 0.266 e. The fourth-order valence-corrected chi connectivity index (χ4v) is 2.66. The van der Waals surface area contributed by atoms with Gasteiger partial charge in [0.05, 0.1) is 11.3 Å². The van der Waals surface area contributed by atoms with Crippen LogP contribution in [0.15, 0.2) is 4.52 Å². The Hall–Kier alpha value is -1.63. The second-order valence-corrected chi connectivity index (χ2v) is 4.91. The van der Waals surface area contributed by atoms with Gasteiger partial charge < -0.3 is 15.2 Å². The molecule has 0 radical (unpaired) electrons. The number of hydrogen-bond acceptors (Lipinski definition) is 7. The van der Waals surface area contributed by atoms with E-state index in [9.17, 15) is 0 Å². The van der Waals surface area contributed by atoms with Crippen LogP contribution in [0, 0.1) is 6.92 Å². The molecule has 2 aromatic rings. The lowest BCUT2D eigenvalue weighted by Gasteiger charge is -2.09. The number of anilines is 2. The predicted molar refractivity (Wildman–Crippen MR) is 66.0 cm³/mol. The molecule has 0 unspecified atom stereocenters. The van der Waals surface area contributed by atoms with Crippen LogP contribution < -0.4 is 10.6 Å². The van der Waals surface area contributed by atoms with Crippen LogP contribution >= 0.6 is 11.5 Å². The number of rotatable bonds is 2. The van der Waals surface area contributed by atoms with Crippen LogP contribution in [0.1, 0.15) is 18.5 Å². The van der Waals surface area contributed by atoms with Crippen LogP contribution in [0.5, 0.6) is 0 Å². The summed E-state index contributed by atoms with van der Waals surface area (Å²) in [7, 11) is 0. The smallest absolute Gasteiger partial charge is 0.266 e.